The van der Waals surface area contributed by atoms with Gasteiger partial charge >= 0.3 is 11.9 Å². The number of unbranched alkanes of at least 4 members (excludes halogenated alkanes) is 38. The van der Waals surface area contributed by atoms with Crippen molar-refractivity contribution in [1.82, 2.24) is 0 Å². The normalized spacial score (nSPS) is 12.3. The standard InChI is InChI=1S/C61H114O5/c1-4-7-10-13-16-19-22-25-28-30-31-32-34-37-40-43-46-49-52-55-61(63)66-59(57-64-56-53-50-47-44-41-38-35-29-26-23-20-17-14-11-8-5-2)58-65-60(62)54-51-48-45-42-39-36-33-27-24-21-18-15-12-9-6-3/h18,21,27,33,39,42,59H,4-17,19-20,22-26,28-32,34-38,40-41,43-58H2,1-3H3/b21-18-,33-27-,42-39-/t59-/m1/s1. The number of esters is 2. The number of hydrogen-bond donors (Lipinski definition) is 0. The van der Waals surface area contributed by atoms with E-state index in [9.17, 15) is 9.59 Å². The molecule has 0 aromatic carbocycles. The number of allylic oxidation sites excluding steroid dienone is 6. The largest absolute Gasteiger partial charge is 0.462 e. The van der Waals surface area contributed by atoms with E-state index in [2.05, 4.69) is 57.2 Å². The van der Waals surface area contributed by atoms with E-state index in [0.717, 1.165) is 51.4 Å². The fourth-order valence-corrected chi connectivity index (χ4v) is 8.76. The lowest BCUT2D eigenvalue weighted by Gasteiger charge is -2.18. The molecule has 0 saturated carbocycles. The van der Waals surface area contributed by atoms with Gasteiger partial charge in [0, 0.05) is 19.4 Å². The van der Waals surface area contributed by atoms with Gasteiger partial charge in [0.25, 0.3) is 0 Å². The van der Waals surface area contributed by atoms with Crippen LogP contribution in [0.15, 0.2) is 36.5 Å². The second-order valence-electron chi connectivity index (χ2n) is 19.9. The van der Waals surface area contributed by atoms with Gasteiger partial charge in [-0.15, -0.1) is 0 Å². The lowest BCUT2D eigenvalue weighted by atomic mass is 10.0. The van der Waals surface area contributed by atoms with Gasteiger partial charge in [0.05, 0.1) is 6.61 Å². The number of rotatable bonds is 55. The Kier molecular flexibility index (Phi) is 55.8. The van der Waals surface area contributed by atoms with Crippen molar-refractivity contribution in [3.8, 4) is 0 Å². The lowest BCUT2D eigenvalue weighted by molar-refractivity contribution is -0.163. The first-order valence-corrected chi connectivity index (χ1v) is 29.5. The van der Waals surface area contributed by atoms with E-state index in [-0.39, 0.29) is 25.2 Å². The zero-order valence-electron chi connectivity index (χ0n) is 44.7. The maximum Gasteiger partial charge on any atom is 0.306 e. The van der Waals surface area contributed by atoms with E-state index in [4.69, 9.17) is 14.2 Å². The number of ether oxygens (including phenoxy) is 3. The van der Waals surface area contributed by atoms with Crippen molar-refractivity contribution in [3.05, 3.63) is 36.5 Å². The molecule has 0 bridgehead atoms. The van der Waals surface area contributed by atoms with Crippen LogP contribution in [0.25, 0.3) is 0 Å². The number of carbonyl (C=O) groups is 2. The third-order valence-electron chi connectivity index (χ3n) is 13.2. The van der Waals surface area contributed by atoms with Crippen LogP contribution in [-0.4, -0.2) is 37.9 Å². The SMILES string of the molecule is CCCCC/C=C\C/C=C\C/C=C\CCCCC(=O)OC[C@@H](COCCCCCCCCCCCCCCCCCC)OC(=O)CCCCCCCCCCCCCCCCCCCCC. The molecular formula is C61H114O5. The quantitative estimate of drug-likeness (QED) is 0.0345. The second kappa shape index (κ2) is 57.4. The molecule has 0 unspecified atom stereocenters. The van der Waals surface area contributed by atoms with Crippen molar-refractivity contribution in [1.29, 1.82) is 0 Å². The van der Waals surface area contributed by atoms with Gasteiger partial charge in [0.2, 0.25) is 0 Å². The molecule has 0 N–H and O–H groups in total. The minimum absolute atomic E-state index is 0.0723. The molecule has 0 aromatic rings. The van der Waals surface area contributed by atoms with Gasteiger partial charge in [-0.3, -0.25) is 9.59 Å². The van der Waals surface area contributed by atoms with Gasteiger partial charge in [-0.1, -0.05) is 282 Å². The topological polar surface area (TPSA) is 61.8 Å². The third-order valence-corrected chi connectivity index (χ3v) is 13.2. The average Bonchev–Trinajstić information content (AvgIpc) is 3.32. The van der Waals surface area contributed by atoms with Gasteiger partial charge in [-0.2, -0.15) is 0 Å². The molecule has 0 saturated heterocycles. The molecule has 0 radical (unpaired) electrons. The summed E-state index contributed by atoms with van der Waals surface area (Å²) in [6, 6.07) is 0. The molecule has 5 nitrogen and oxygen atoms in total. The van der Waals surface area contributed by atoms with Crippen LogP contribution >= 0.6 is 0 Å². The van der Waals surface area contributed by atoms with Crippen molar-refractivity contribution < 1.29 is 23.8 Å². The molecular weight excluding hydrogens is 813 g/mol. The molecule has 0 amide bonds. The Morgan fingerprint density at radius 3 is 1.05 bits per heavy atom. The summed E-state index contributed by atoms with van der Waals surface area (Å²) >= 11 is 0. The molecule has 0 aromatic heterocycles. The molecule has 1 atom stereocenters. The summed E-state index contributed by atoms with van der Waals surface area (Å²) in [6.45, 7) is 7.83. The Balaban J connectivity index is 4.26. The van der Waals surface area contributed by atoms with Crippen LogP contribution < -0.4 is 0 Å². The molecule has 5 heteroatoms. The zero-order chi connectivity index (χ0) is 47.7. The van der Waals surface area contributed by atoms with Gasteiger partial charge in [-0.05, 0) is 57.8 Å². The van der Waals surface area contributed by atoms with Gasteiger partial charge in [-0.25, -0.2) is 0 Å². The van der Waals surface area contributed by atoms with Gasteiger partial charge in [0.15, 0.2) is 6.10 Å². The molecule has 0 spiro atoms. The summed E-state index contributed by atoms with van der Waals surface area (Å²) in [5, 5.41) is 0. The van der Waals surface area contributed by atoms with Crippen molar-refractivity contribution in [2.24, 2.45) is 0 Å². The van der Waals surface area contributed by atoms with E-state index in [1.165, 1.54) is 231 Å². The van der Waals surface area contributed by atoms with E-state index in [1.807, 2.05) is 0 Å². The average molecular weight is 928 g/mol. The van der Waals surface area contributed by atoms with Crippen LogP contribution in [0.2, 0.25) is 0 Å². The lowest BCUT2D eigenvalue weighted by Crippen LogP contribution is -2.30. The first-order valence-electron chi connectivity index (χ1n) is 29.5. The molecule has 0 heterocycles. The number of hydrogen-bond acceptors (Lipinski definition) is 5. The summed E-state index contributed by atoms with van der Waals surface area (Å²) in [7, 11) is 0. The smallest absolute Gasteiger partial charge is 0.306 e. The Morgan fingerprint density at radius 2 is 0.636 bits per heavy atom. The van der Waals surface area contributed by atoms with Crippen LogP contribution in [0.1, 0.15) is 316 Å². The summed E-state index contributed by atoms with van der Waals surface area (Å²) in [6.07, 6.45) is 70.3. The summed E-state index contributed by atoms with van der Waals surface area (Å²) < 4.78 is 17.5. The maximum atomic E-state index is 12.9. The van der Waals surface area contributed by atoms with Crippen molar-refractivity contribution >= 4 is 11.9 Å². The van der Waals surface area contributed by atoms with Crippen molar-refractivity contribution in [3.63, 3.8) is 0 Å². The van der Waals surface area contributed by atoms with Crippen molar-refractivity contribution in [2.45, 2.75) is 322 Å². The van der Waals surface area contributed by atoms with Crippen LogP contribution in [0.3, 0.4) is 0 Å². The van der Waals surface area contributed by atoms with Crippen LogP contribution in [-0.2, 0) is 23.8 Å². The monoisotopic (exact) mass is 927 g/mol. The van der Waals surface area contributed by atoms with Crippen LogP contribution in [0.4, 0.5) is 0 Å². The highest BCUT2D eigenvalue weighted by atomic mass is 16.6. The molecule has 66 heavy (non-hydrogen) atoms. The Hall–Kier alpha value is -1.88. The summed E-state index contributed by atoms with van der Waals surface area (Å²) in [5.74, 6) is -0.420. The van der Waals surface area contributed by atoms with Gasteiger partial charge in [0.1, 0.15) is 6.61 Å². The van der Waals surface area contributed by atoms with E-state index in [0.29, 0.717) is 19.4 Å². The molecule has 0 aliphatic rings. The van der Waals surface area contributed by atoms with Crippen LogP contribution in [0, 0.1) is 0 Å². The highest BCUT2D eigenvalue weighted by Crippen LogP contribution is 2.17. The Bertz CT molecular complexity index is 1050. The Morgan fingerprint density at radius 1 is 0.333 bits per heavy atom. The molecule has 0 rings (SSSR count). The Labute approximate surface area is 412 Å². The highest BCUT2D eigenvalue weighted by Gasteiger charge is 2.17. The predicted molar refractivity (Wildman–Crippen MR) is 288 cm³/mol. The molecule has 0 aliphatic heterocycles. The summed E-state index contributed by atoms with van der Waals surface area (Å²) in [4.78, 5) is 25.5. The predicted octanol–water partition coefficient (Wildman–Crippen LogP) is 20.1. The second-order valence-corrected chi connectivity index (χ2v) is 19.9. The highest BCUT2D eigenvalue weighted by molar-refractivity contribution is 5.70. The fraction of sp³-hybridized carbons (Fsp3) is 0.869. The maximum absolute atomic E-state index is 12.9. The van der Waals surface area contributed by atoms with E-state index < -0.39 is 6.10 Å². The number of carbonyl (C=O) groups excluding carboxylic acids is 2. The van der Waals surface area contributed by atoms with E-state index in [1.54, 1.807) is 0 Å². The van der Waals surface area contributed by atoms with Crippen LogP contribution in [0.5, 0.6) is 0 Å². The van der Waals surface area contributed by atoms with Gasteiger partial charge < -0.3 is 14.2 Å². The minimum atomic E-state index is -0.546. The van der Waals surface area contributed by atoms with Crippen molar-refractivity contribution in [2.75, 3.05) is 19.8 Å². The molecule has 0 fully saturated rings. The third kappa shape index (κ3) is 54.7. The molecule has 0 aliphatic carbocycles. The minimum Gasteiger partial charge on any atom is -0.462 e. The first kappa shape index (κ1) is 64.1. The molecule has 388 valence electrons. The zero-order valence-corrected chi connectivity index (χ0v) is 44.7. The first-order chi connectivity index (χ1) is 32.6. The van der Waals surface area contributed by atoms with E-state index >= 15 is 0 Å². The summed E-state index contributed by atoms with van der Waals surface area (Å²) in [5.41, 5.74) is 0. The fourth-order valence-electron chi connectivity index (χ4n) is 8.76.